The molecule has 0 radical (unpaired) electrons. The Labute approximate surface area is 179 Å². The molecular weight excluding hydrogens is 354 g/mol. The molecular formula is C26H43N3. The van der Waals surface area contributed by atoms with Crippen LogP contribution >= 0.6 is 0 Å². The summed E-state index contributed by atoms with van der Waals surface area (Å²) in [5, 5.41) is 0. The minimum absolute atomic E-state index is 0.672. The van der Waals surface area contributed by atoms with Crippen LogP contribution in [0.3, 0.4) is 0 Å². The molecule has 3 nitrogen and oxygen atoms in total. The first-order chi connectivity index (χ1) is 13.9. The van der Waals surface area contributed by atoms with Crippen LogP contribution in [0, 0.1) is 11.3 Å². The fraction of sp³-hybridized carbons (Fsp3) is 0.769. The molecule has 0 atom stereocenters. The van der Waals surface area contributed by atoms with Gasteiger partial charge in [0.2, 0.25) is 0 Å². The predicted molar refractivity (Wildman–Crippen MR) is 125 cm³/mol. The molecule has 0 N–H and O–H groups in total. The highest BCUT2D eigenvalue weighted by molar-refractivity contribution is 5.48. The quantitative estimate of drug-likeness (QED) is 0.624. The molecule has 1 aromatic carbocycles. The number of rotatable bonds is 7. The van der Waals surface area contributed by atoms with Crippen molar-refractivity contribution in [3.05, 3.63) is 29.8 Å². The lowest BCUT2D eigenvalue weighted by Gasteiger charge is -2.38. The SMILES string of the molecule is CC(C)CC1(CN2CCC(c3ccc(N4CCN(C(C)C)CC4)cc3)CC2)CC1. The summed E-state index contributed by atoms with van der Waals surface area (Å²) in [4.78, 5) is 7.93. The van der Waals surface area contributed by atoms with Gasteiger partial charge in [-0.05, 0) is 94.0 Å². The first-order valence-corrected chi connectivity index (χ1v) is 12.3. The molecule has 0 amide bonds. The van der Waals surface area contributed by atoms with Gasteiger partial charge in [0, 0.05) is 44.5 Å². The van der Waals surface area contributed by atoms with Gasteiger partial charge in [-0.3, -0.25) is 4.90 Å². The molecule has 4 rings (SSSR count). The summed E-state index contributed by atoms with van der Waals surface area (Å²) in [5.74, 6) is 1.61. The molecule has 2 aliphatic heterocycles. The van der Waals surface area contributed by atoms with Crippen LogP contribution in [0.1, 0.15) is 71.3 Å². The van der Waals surface area contributed by atoms with Crippen LogP contribution in [0.15, 0.2) is 24.3 Å². The van der Waals surface area contributed by atoms with Crippen LogP contribution in [0.25, 0.3) is 0 Å². The Hall–Kier alpha value is -1.06. The maximum Gasteiger partial charge on any atom is 0.0367 e. The second-order valence-corrected chi connectivity index (χ2v) is 10.9. The van der Waals surface area contributed by atoms with Gasteiger partial charge in [-0.1, -0.05) is 26.0 Å². The summed E-state index contributed by atoms with van der Waals surface area (Å²) in [6, 6.07) is 10.3. The molecule has 3 heteroatoms. The number of piperidine rings is 1. The van der Waals surface area contributed by atoms with Crippen molar-refractivity contribution in [2.24, 2.45) is 11.3 Å². The van der Waals surface area contributed by atoms with Crippen LogP contribution in [0.4, 0.5) is 5.69 Å². The molecule has 1 aliphatic carbocycles. The molecule has 162 valence electrons. The third-order valence-corrected chi connectivity index (χ3v) is 7.72. The zero-order chi connectivity index (χ0) is 20.4. The van der Waals surface area contributed by atoms with Gasteiger partial charge in [0.05, 0.1) is 0 Å². The minimum Gasteiger partial charge on any atom is -0.369 e. The Balaban J connectivity index is 1.25. The van der Waals surface area contributed by atoms with Crippen molar-refractivity contribution >= 4 is 5.69 Å². The summed E-state index contributed by atoms with van der Waals surface area (Å²) in [5.41, 5.74) is 3.67. The maximum absolute atomic E-state index is 2.77. The van der Waals surface area contributed by atoms with Crippen molar-refractivity contribution in [1.82, 2.24) is 9.80 Å². The molecule has 3 aliphatic rings. The van der Waals surface area contributed by atoms with Crippen molar-refractivity contribution in [2.75, 3.05) is 50.7 Å². The average Bonchev–Trinajstić information content (AvgIpc) is 3.47. The highest BCUT2D eigenvalue weighted by atomic mass is 15.3. The Morgan fingerprint density at radius 1 is 0.862 bits per heavy atom. The average molecular weight is 398 g/mol. The van der Waals surface area contributed by atoms with Gasteiger partial charge in [0.25, 0.3) is 0 Å². The summed E-state index contributed by atoms with van der Waals surface area (Å²) < 4.78 is 0. The van der Waals surface area contributed by atoms with Crippen molar-refractivity contribution in [1.29, 1.82) is 0 Å². The van der Waals surface area contributed by atoms with Crippen LogP contribution in [-0.4, -0.2) is 61.7 Å². The Morgan fingerprint density at radius 2 is 1.48 bits per heavy atom. The van der Waals surface area contributed by atoms with Crippen LogP contribution < -0.4 is 4.90 Å². The van der Waals surface area contributed by atoms with E-state index in [2.05, 4.69) is 66.7 Å². The number of piperazine rings is 1. The standard InChI is InChI=1S/C26H43N3/c1-21(2)19-26(11-12-26)20-27-13-9-24(10-14-27)23-5-7-25(8-6-23)29-17-15-28(16-18-29)22(3)4/h5-8,21-22,24H,9-20H2,1-4H3. The van der Waals surface area contributed by atoms with E-state index in [9.17, 15) is 0 Å². The second kappa shape index (κ2) is 8.98. The molecule has 2 heterocycles. The second-order valence-electron chi connectivity index (χ2n) is 10.9. The zero-order valence-corrected chi connectivity index (χ0v) is 19.4. The molecule has 0 unspecified atom stereocenters. The number of likely N-dealkylation sites (tertiary alicyclic amines) is 1. The highest BCUT2D eigenvalue weighted by Crippen LogP contribution is 2.51. The summed E-state index contributed by atoms with van der Waals surface area (Å²) in [6.45, 7) is 18.1. The number of nitrogens with zero attached hydrogens (tertiary/aromatic N) is 3. The van der Waals surface area contributed by atoms with Gasteiger partial charge >= 0.3 is 0 Å². The van der Waals surface area contributed by atoms with Gasteiger partial charge in [-0.15, -0.1) is 0 Å². The van der Waals surface area contributed by atoms with Gasteiger partial charge in [0.15, 0.2) is 0 Å². The minimum atomic E-state index is 0.672. The van der Waals surface area contributed by atoms with Crippen molar-refractivity contribution in [2.45, 2.75) is 71.8 Å². The molecule has 1 saturated carbocycles. The van der Waals surface area contributed by atoms with Crippen LogP contribution in [0.2, 0.25) is 0 Å². The molecule has 2 saturated heterocycles. The predicted octanol–water partition coefficient (Wildman–Crippen LogP) is 5.22. The van der Waals surface area contributed by atoms with Crippen molar-refractivity contribution in [3.63, 3.8) is 0 Å². The van der Waals surface area contributed by atoms with Crippen LogP contribution in [-0.2, 0) is 0 Å². The molecule has 0 bridgehead atoms. The molecule has 3 fully saturated rings. The van der Waals surface area contributed by atoms with E-state index in [1.54, 1.807) is 5.56 Å². The summed E-state index contributed by atoms with van der Waals surface area (Å²) in [7, 11) is 0. The summed E-state index contributed by atoms with van der Waals surface area (Å²) in [6.07, 6.45) is 7.05. The first kappa shape index (κ1) is 21.2. The Kier molecular flexibility index (Phi) is 6.56. The van der Waals surface area contributed by atoms with Gasteiger partial charge in [-0.25, -0.2) is 0 Å². The number of hydrogen-bond donors (Lipinski definition) is 0. The summed E-state index contributed by atoms with van der Waals surface area (Å²) >= 11 is 0. The molecule has 1 aromatic rings. The normalized spacial score (nSPS) is 23.9. The van der Waals surface area contributed by atoms with E-state index in [0.29, 0.717) is 11.5 Å². The fourth-order valence-corrected chi connectivity index (χ4v) is 5.82. The van der Waals surface area contributed by atoms with Gasteiger partial charge in [0.1, 0.15) is 0 Å². The largest absolute Gasteiger partial charge is 0.369 e. The Bertz CT molecular complexity index is 630. The number of anilines is 1. The highest BCUT2D eigenvalue weighted by Gasteiger charge is 2.44. The van der Waals surface area contributed by atoms with E-state index < -0.39 is 0 Å². The lowest BCUT2D eigenvalue weighted by molar-refractivity contribution is 0.162. The third kappa shape index (κ3) is 5.35. The molecule has 0 aromatic heterocycles. The fourth-order valence-electron chi connectivity index (χ4n) is 5.82. The van der Waals surface area contributed by atoms with Crippen molar-refractivity contribution < 1.29 is 0 Å². The van der Waals surface area contributed by atoms with E-state index in [-0.39, 0.29) is 0 Å². The maximum atomic E-state index is 2.77. The number of hydrogen-bond acceptors (Lipinski definition) is 3. The van der Waals surface area contributed by atoms with Gasteiger partial charge < -0.3 is 9.80 Å². The van der Waals surface area contributed by atoms with E-state index in [0.717, 1.165) is 24.9 Å². The lowest BCUT2D eigenvalue weighted by atomic mass is 9.87. The van der Waals surface area contributed by atoms with E-state index in [4.69, 9.17) is 0 Å². The van der Waals surface area contributed by atoms with Crippen LogP contribution in [0.5, 0.6) is 0 Å². The lowest BCUT2D eigenvalue weighted by Crippen LogP contribution is -2.48. The van der Waals surface area contributed by atoms with E-state index in [1.807, 2.05) is 0 Å². The Morgan fingerprint density at radius 3 is 2.00 bits per heavy atom. The van der Waals surface area contributed by atoms with Crippen molar-refractivity contribution in [3.8, 4) is 0 Å². The number of benzene rings is 1. The molecule has 0 spiro atoms. The topological polar surface area (TPSA) is 9.72 Å². The monoisotopic (exact) mass is 397 g/mol. The molecule has 29 heavy (non-hydrogen) atoms. The third-order valence-electron chi connectivity index (χ3n) is 7.72. The van der Waals surface area contributed by atoms with Gasteiger partial charge in [-0.2, -0.15) is 0 Å². The first-order valence-electron chi connectivity index (χ1n) is 12.3. The van der Waals surface area contributed by atoms with E-state index in [1.165, 1.54) is 70.5 Å². The van der Waals surface area contributed by atoms with E-state index >= 15 is 0 Å². The smallest absolute Gasteiger partial charge is 0.0367 e. The zero-order valence-electron chi connectivity index (χ0n) is 19.4.